The van der Waals surface area contributed by atoms with Crippen LogP contribution in [0.5, 0.6) is 5.75 Å². The third-order valence-corrected chi connectivity index (χ3v) is 9.39. The highest BCUT2D eigenvalue weighted by molar-refractivity contribution is 7.90. The molecular weight excluding hydrogens is 606 g/mol. The molecule has 2 N–H and O–H groups in total. The summed E-state index contributed by atoms with van der Waals surface area (Å²) in [4.78, 5) is 26.7. The maximum absolute atomic E-state index is 13.4. The average molecular weight is 644 g/mol. The van der Waals surface area contributed by atoms with Gasteiger partial charge >= 0.3 is 5.97 Å². The Labute approximate surface area is 262 Å². The van der Waals surface area contributed by atoms with Gasteiger partial charge in [-0.15, -0.1) is 0 Å². The molecule has 1 aromatic heterocycles. The number of aromatic nitrogens is 2. The van der Waals surface area contributed by atoms with Gasteiger partial charge in [0.05, 0.1) is 29.3 Å². The number of anilines is 1. The van der Waals surface area contributed by atoms with E-state index in [0.29, 0.717) is 34.7 Å². The molecule has 44 heavy (non-hydrogen) atoms. The maximum Gasteiger partial charge on any atom is 0.327 e. The minimum Gasteiger partial charge on any atom is -0.487 e. The van der Waals surface area contributed by atoms with Crippen LogP contribution in [-0.2, 0) is 50.3 Å². The summed E-state index contributed by atoms with van der Waals surface area (Å²) < 4.78 is 41.6. The van der Waals surface area contributed by atoms with Gasteiger partial charge in [0.15, 0.2) is 0 Å². The summed E-state index contributed by atoms with van der Waals surface area (Å²) in [6.45, 7) is 5.53. The molecular formula is C31H38ClN5O6S. The first kappa shape index (κ1) is 31.8. The van der Waals surface area contributed by atoms with E-state index in [1.165, 1.54) is 16.9 Å². The molecule has 0 aliphatic carbocycles. The number of benzene rings is 2. The van der Waals surface area contributed by atoms with Gasteiger partial charge in [0.2, 0.25) is 5.91 Å². The fourth-order valence-corrected chi connectivity index (χ4v) is 6.80. The number of hydrogen-bond donors (Lipinski definition) is 2. The second kappa shape index (κ2) is 14.4. The van der Waals surface area contributed by atoms with Crippen LogP contribution in [0.4, 0.5) is 5.69 Å². The van der Waals surface area contributed by atoms with Crippen molar-refractivity contribution in [1.82, 2.24) is 19.8 Å². The largest absolute Gasteiger partial charge is 0.487 e. The van der Waals surface area contributed by atoms with Crippen LogP contribution in [0.3, 0.4) is 0 Å². The minimum absolute atomic E-state index is 0.0300. The van der Waals surface area contributed by atoms with Gasteiger partial charge in [0.25, 0.3) is 10.0 Å². The Morgan fingerprint density at radius 2 is 2.02 bits per heavy atom. The molecule has 1 fully saturated rings. The van der Waals surface area contributed by atoms with Crippen LogP contribution in [0.15, 0.2) is 53.6 Å². The number of fused-ring (bicyclic) bond motifs is 2. The fraction of sp³-hybridized carbons (Fsp3) is 0.452. The van der Waals surface area contributed by atoms with E-state index in [4.69, 9.17) is 21.1 Å². The first-order valence-electron chi connectivity index (χ1n) is 14.9. The Hall–Kier alpha value is -3.61. The summed E-state index contributed by atoms with van der Waals surface area (Å²) >= 11 is 6.28. The number of nitrogens with zero attached hydrogens (tertiary/aromatic N) is 3. The topological polar surface area (TPSA) is 132 Å². The molecule has 3 aromatic rings. The lowest BCUT2D eigenvalue weighted by molar-refractivity contribution is -0.144. The number of aryl methyl sites for hydroxylation is 1. The first-order valence-corrected chi connectivity index (χ1v) is 16.8. The lowest BCUT2D eigenvalue weighted by Gasteiger charge is -2.29. The number of carbonyl (C=O) groups is 2. The van der Waals surface area contributed by atoms with Gasteiger partial charge in [-0.1, -0.05) is 17.7 Å². The molecule has 0 saturated carbocycles. The first-order chi connectivity index (χ1) is 21.2. The van der Waals surface area contributed by atoms with Crippen LogP contribution >= 0.6 is 11.6 Å². The molecule has 2 aliphatic heterocycles. The van der Waals surface area contributed by atoms with Crippen molar-refractivity contribution in [3.8, 4) is 5.75 Å². The number of hydrogen-bond acceptors (Lipinski definition) is 9. The van der Waals surface area contributed by atoms with Crippen molar-refractivity contribution in [2.45, 2.75) is 57.1 Å². The Morgan fingerprint density at radius 3 is 2.82 bits per heavy atom. The highest BCUT2D eigenvalue weighted by Crippen LogP contribution is 2.34. The molecule has 0 spiro atoms. The van der Waals surface area contributed by atoms with Crippen molar-refractivity contribution >= 4 is 39.2 Å². The summed E-state index contributed by atoms with van der Waals surface area (Å²) in [6.07, 6.45) is 5.04. The van der Waals surface area contributed by atoms with Gasteiger partial charge in [-0.3, -0.25) is 14.3 Å². The van der Waals surface area contributed by atoms with Crippen LogP contribution in [0, 0.1) is 5.92 Å². The predicted molar refractivity (Wildman–Crippen MR) is 166 cm³/mol. The molecule has 236 valence electrons. The third kappa shape index (κ3) is 8.30. The molecule has 1 saturated heterocycles. The minimum atomic E-state index is -4.20. The van der Waals surface area contributed by atoms with Gasteiger partial charge in [0.1, 0.15) is 18.9 Å². The van der Waals surface area contributed by atoms with E-state index >= 15 is 0 Å². The molecule has 11 nitrogen and oxygen atoms in total. The Morgan fingerprint density at radius 1 is 1.16 bits per heavy atom. The van der Waals surface area contributed by atoms with Gasteiger partial charge < -0.3 is 19.7 Å². The monoisotopic (exact) mass is 643 g/mol. The molecule has 2 aliphatic rings. The van der Waals surface area contributed by atoms with E-state index < -0.39 is 21.9 Å². The summed E-state index contributed by atoms with van der Waals surface area (Å²) in [5, 5.41) is 8.28. The molecule has 2 aromatic carbocycles. The molecule has 0 bridgehead atoms. The number of carbonyl (C=O) groups excluding carboxylic acids is 2. The van der Waals surface area contributed by atoms with E-state index in [9.17, 15) is 18.0 Å². The summed E-state index contributed by atoms with van der Waals surface area (Å²) in [5.74, 6) is -0.182. The maximum atomic E-state index is 13.4. The number of rotatable bonds is 9. The van der Waals surface area contributed by atoms with Gasteiger partial charge in [0, 0.05) is 24.3 Å². The number of ether oxygens (including phenoxy) is 2. The smallest absolute Gasteiger partial charge is 0.327 e. The highest BCUT2D eigenvalue weighted by Gasteiger charge is 2.25. The zero-order chi connectivity index (χ0) is 31.1. The molecule has 13 heteroatoms. The Bertz CT molecular complexity index is 1590. The summed E-state index contributed by atoms with van der Waals surface area (Å²) in [6, 6.07) is 12.1. The van der Waals surface area contributed by atoms with Crippen molar-refractivity contribution in [3.05, 3.63) is 70.5 Å². The van der Waals surface area contributed by atoms with E-state index in [0.717, 1.165) is 63.0 Å². The fourth-order valence-electron chi connectivity index (χ4n) is 5.60. The van der Waals surface area contributed by atoms with Crippen LogP contribution in [-0.4, -0.2) is 62.9 Å². The number of halogens is 1. The quantitative estimate of drug-likeness (QED) is 0.337. The summed E-state index contributed by atoms with van der Waals surface area (Å²) in [7, 11) is -4.20. The molecule has 1 atom stereocenters. The number of esters is 1. The zero-order valence-electron chi connectivity index (χ0n) is 24.8. The van der Waals surface area contributed by atoms with Crippen LogP contribution in [0.1, 0.15) is 43.0 Å². The van der Waals surface area contributed by atoms with E-state index in [-0.39, 0.29) is 24.5 Å². The molecule has 3 heterocycles. The molecule has 1 amide bonds. The lowest BCUT2D eigenvalue weighted by atomic mass is 10.0. The van der Waals surface area contributed by atoms with Crippen LogP contribution in [0.25, 0.3) is 0 Å². The van der Waals surface area contributed by atoms with Gasteiger partial charge in [-0.2, -0.15) is 5.10 Å². The van der Waals surface area contributed by atoms with Crippen molar-refractivity contribution in [1.29, 1.82) is 0 Å². The molecule has 1 unspecified atom stereocenters. The van der Waals surface area contributed by atoms with Gasteiger partial charge in [-0.05, 0) is 99.1 Å². The Kier molecular flexibility index (Phi) is 10.4. The van der Waals surface area contributed by atoms with Crippen LogP contribution < -0.4 is 19.7 Å². The normalized spacial score (nSPS) is 17.1. The zero-order valence-corrected chi connectivity index (χ0v) is 26.3. The second-order valence-electron chi connectivity index (χ2n) is 11.1. The van der Waals surface area contributed by atoms with Crippen molar-refractivity contribution in [2.24, 2.45) is 5.92 Å². The van der Waals surface area contributed by atoms with E-state index in [1.807, 2.05) is 18.2 Å². The SMILES string of the molecule is CCOC(=O)Cn1ccc(CC(=O)NS(=O)(=O)c2ccc3c(c2)N(CC2CCNC2)CCCCc2cc(Cl)ccc2CO3)n1. The Balaban J connectivity index is 1.36. The number of sulfonamides is 1. The standard InChI is InChI=1S/C31H38ClN5O6S/c1-2-42-31(39)20-37-14-11-26(34-37)16-30(38)35-44(40,41)27-8-9-29-28(17-27)36(19-22-10-12-33-18-22)13-4-3-5-23-15-25(32)7-6-24(23)21-43-29/h6-9,11,14-15,17,22,33H,2-5,10,12-13,16,18-21H2,1H3,(H,35,38). The third-order valence-electron chi connectivity index (χ3n) is 7.78. The highest BCUT2D eigenvalue weighted by atomic mass is 35.5. The van der Waals surface area contributed by atoms with Gasteiger partial charge in [-0.25, -0.2) is 13.1 Å². The average Bonchev–Trinajstić information content (AvgIpc) is 3.65. The summed E-state index contributed by atoms with van der Waals surface area (Å²) in [5.41, 5.74) is 3.21. The number of nitrogens with one attached hydrogen (secondary N) is 2. The number of amides is 1. The van der Waals surface area contributed by atoms with E-state index in [1.54, 1.807) is 25.1 Å². The van der Waals surface area contributed by atoms with Crippen molar-refractivity contribution in [2.75, 3.05) is 37.7 Å². The van der Waals surface area contributed by atoms with Crippen molar-refractivity contribution in [3.63, 3.8) is 0 Å². The van der Waals surface area contributed by atoms with E-state index in [2.05, 4.69) is 20.0 Å². The van der Waals surface area contributed by atoms with Crippen molar-refractivity contribution < 1.29 is 27.5 Å². The second-order valence-corrected chi connectivity index (χ2v) is 13.2. The van der Waals surface area contributed by atoms with Crippen LogP contribution in [0.2, 0.25) is 5.02 Å². The lowest BCUT2D eigenvalue weighted by Crippen LogP contribution is -2.33. The molecule has 5 rings (SSSR count). The predicted octanol–water partition coefficient (Wildman–Crippen LogP) is 3.48. The molecule has 0 radical (unpaired) electrons.